The van der Waals surface area contributed by atoms with Crippen molar-refractivity contribution in [3.63, 3.8) is 0 Å². The number of nitrogens with zero attached hydrogens (tertiary/aromatic N) is 1. The fourth-order valence-electron chi connectivity index (χ4n) is 8.02. The number of benzene rings is 5. The third kappa shape index (κ3) is 14.6. The molecule has 348 valence electrons. The van der Waals surface area contributed by atoms with Gasteiger partial charge in [0.2, 0.25) is 41.4 Å². The van der Waals surface area contributed by atoms with E-state index in [9.17, 15) is 43.5 Å². The van der Waals surface area contributed by atoms with Gasteiger partial charge in [0.1, 0.15) is 36.2 Å². The molecular weight excluding hydrogens is 855 g/mol. The summed E-state index contributed by atoms with van der Waals surface area (Å²) in [5.41, 5.74) is 8.28. The Morgan fingerprint density at radius 3 is 1.87 bits per heavy atom. The fraction of sp³-hybridized carbons (Fsp3) is 0.294. The van der Waals surface area contributed by atoms with Crippen LogP contribution in [0.5, 0.6) is 5.75 Å². The number of rotatable bonds is 22. The predicted molar refractivity (Wildman–Crippen MR) is 250 cm³/mol. The lowest BCUT2D eigenvalue weighted by molar-refractivity contribution is -0.140. The molecule has 1 heterocycles. The Morgan fingerprint density at radius 1 is 0.642 bits per heavy atom. The van der Waals surface area contributed by atoms with Crippen molar-refractivity contribution >= 4 is 58.4 Å². The lowest BCUT2D eigenvalue weighted by Crippen LogP contribution is -2.57. The number of likely N-dealkylation sites (tertiary alicyclic amines) is 1. The van der Waals surface area contributed by atoms with Crippen LogP contribution in [0.1, 0.15) is 47.9 Å². The summed E-state index contributed by atoms with van der Waals surface area (Å²) in [5, 5.41) is 25.2. The van der Waals surface area contributed by atoms with Gasteiger partial charge >= 0.3 is 0 Å². The van der Waals surface area contributed by atoms with E-state index >= 15 is 0 Å². The van der Waals surface area contributed by atoms with Crippen molar-refractivity contribution in [2.75, 3.05) is 13.1 Å². The van der Waals surface area contributed by atoms with E-state index in [1.54, 1.807) is 36.4 Å². The summed E-state index contributed by atoms with van der Waals surface area (Å²) in [7, 11) is 0. The Kier molecular flexibility index (Phi) is 17.3. The first-order chi connectivity index (χ1) is 32.3. The molecule has 0 radical (unpaired) electrons. The molecule has 16 nitrogen and oxygen atoms in total. The molecule has 0 bridgehead atoms. The van der Waals surface area contributed by atoms with Crippen molar-refractivity contribution in [2.45, 2.75) is 81.6 Å². The molecule has 0 aromatic heterocycles. The van der Waals surface area contributed by atoms with Crippen LogP contribution in [0.15, 0.2) is 127 Å². The molecule has 5 atom stereocenters. The van der Waals surface area contributed by atoms with Gasteiger partial charge in [0.15, 0.2) is 0 Å². The predicted octanol–water partition coefficient (Wildman–Crippen LogP) is 2.33. The smallest absolute Gasteiger partial charge is 0.243 e. The van der Waals surface area contributed by atoms with Crippen LogP contribution in [0.4, 0.5) is 0 Å². The molecule has 0 aliphatic carbocycles. The summed E-state index contributed by atoms with van der Waals surface area (Å²) in [4.78, 5) is 108. The van der Waals surface area contributed by atoms with Gasteiger partial charge in [-0.25, -0.2) is 0 Å². The molecule has 0 unspecified atom stereocenters. The molecule has 7 amide bonds. The number of fused-ring (bicyclic) bond motifs is 1. The highest BCUT2D eigenvalue weighted by Crippen LogP contribution is 2.19. The molecule has 1 aliphatic heterocycles. The van der Waals surface area contributed by atoms with E-state index in [2.05, 4.69) is 26.6 Å². The summed E-state index contributed by atoms with van der Waals surface area (Å²) in [5.74, 6) is -4.36. The van der Waals surface area contributed by atoms with Crippen molar-refractivity contribution in [1.82, 2.24) is 31.5 Å². The number of hydrogen-bond acceptors (Lipinski definition) is 9. The molecule has 16 heteroatoms. The van der Waals surface area contributed by atoms with E-state index in [0.717, 1.165) is 27.5 Å². The van der Waals surface area contributed by atoms with Crippen molar-refractivity contribution < 1.29 is 43.5 Å². The number of hydrogen-bond donors (Lipinski definition) is 7. The number of amides is 7. The van der Waals surface area contributed by atoms with Gasteiger partial charge in [0, 0.05) is 25.8 Å². The van der Waals surface area contributed by atoms with Crippen molar-refractivity contribution in [3.8, 4) is 5.75 Å². The minimum atomic E-state index is -1.28. The lowest BCUT2D eigenvalue weighted by atomic mass is 10.0. The topological polar surface area (TPSA) is 246 Å². The molecule has 8 N–H and O–H groups in total. The van der Waals surface area contributed by atoms with Crippen LogP contribution in [-0.4, -0.2) is 101 Å². The van der Waals surface area contributed by atoms with Crippen molar-refractivity contribution in [3.05, 3.63) is 150 Å². The van der Waals surface area contributed by atoms with E-state index in [1.807, 2.05) is 78.9 Å². The van der Waals surface area contributed by atoms with Gasteiger partial charge < -0.3 is 47.1 Å². The standard InChI is InChI=1S/C51H55N7O9/c52-45(61)24-23-41(49(65)54-39(32-59)27-35-18-21-40(60)22-19-35)56-51(67)44-16-9-25-58(44)47(63)31-53-48(64)42(28-33-10-3-1-4-11-33)57-50(66)43(29-34-12-5-2-6-13-34)55-46(62)30-36-17-20-37-14-7-8-15-38(37)26-36/h1-8,10-15,17-22,26,32,39,41-44,60H,9,16,23-25,27-31H2,(H2,52,61)(H,53,64)(H,54,65)(H,55,62)(H,56,67)(H,57,66)/t39-,41-,42-,43-,44-/m0/s1. The Bertz CT molecular complexity index is 2540. The summed E-state index contributed by atoms with van der Waals surface area (Å²) in [6, 6.07) is 32.2. The Morgan fingerprint density at radius 2 is 1.22 bits per heavy atom. The second kappa shape index (κ2) is 23.9. The number of carbonyl (C=O) groups is 8. The highest BCUT2D eigenvalue weighted by molar-refractivity contribution is 5.96. The first-order valence-corrected chi connectivity index (χ1v) is 22.2. The highest BCUT2D eigenvalue weighted by atomic mass is 16.3. The first kappa shape index (κ1) is 48.6. The van der Waals surface area contributed by atoms with Crippen LogP contribution in [0.2, 0.25) is 0 Å². The number of phenolic OH excluding ortho intramolecular Hbond substituents is 1. The van der Waals surface area contributed by atoms with E-state index in [-0.39, 0.29) is 63.1 Å². The molecular formula is C51H55N7O9. The molecule has 67 heavy (non-hydrogen) atoms. The van der Waals surface area contributed by atoms with Gasteiger partial charge in [-0.3, -0.25) is 33.6 Å². The van der Waals surface area contributed by atoms with Crippen LogP contribution in [-0.2, 0) is 64.0 Å². The third-order valence-electron chi connectivity index (χ3n) is 11.5. The maximum absolute atomic E-state index is 14.2. The highest BCUT2D eigenvalue weighted by Gasteiger charge is 2.37. The van der Waals surface area contributed by atoms with Crippen molar-refractivity contribution in [2.24, 2.45) is 5.73 Å². The number of primary amides is 1. The van der Waals surface area contributed by atoms with Crippen molar-refractivity contribution in [1.29, 1.82) is 0 Å². The molecule has 0 saturated carbocycles. The number of aldehydes is 1. The van der Waals surface area contributed by atoms with Crippen LogP contribution in [0, 0.1) is 0 Å². The van der Waals surface area contributed by atoms with Gasteiger partial charge in [-0.2, -0.15) is 0 Å². The van der Waals surface area contributed by atoms with Crippen LogP contribution in [0.3, 0.4) is 0 Å². The van der Waals surface area contributed by atoms with E-state index < -0.39 is 72.2 Å². The Balaban J connectivity index is 1.10. The summed E-state index contributed by atoms with van der Waals surface area (Å²) in [6.07, 6.45) is 1.08. The number of phenols is 1. The molecule has 1 saturated heterocycles. The van der Waals surface area contributed by atoms with Gasteiger partial charge in [-0.05, 0) is 70.8 Å². The van der Waals surface area contributed by atoms with Crippen LogP contribution >= 0.6 is 0 Å². The maximum atomic E-state index is 14.2. The maximum Gasteiger partial charge on any atom is 0.243 e. The largest absolute Gasteiger partial charge is 0.508 e. The number of carbonyl (C=O) groups excluding carboxylic acids is 8. The van der Waals surface area contributed by atoms with Crippen LogP contribution < -0.4 is 32.3 Å². The van der Waals surface area contributed by atoms with Gasteiger partial charge in [-0.15, -0.1) is 0 Å². The molecule has 1 fully saturated rings. The zero-order valence-electron chi connectivity index (χ0n) is 36.9. The average Bonchev–Trinajstić information content (AvgIpc) is 3.83. The van der Waals surface area contributed by atoms with Gasteiger partial charge in [0.05, 0.1) is 19.0 Å². The van der Waals surface area contributed by atoms with Gasteiger partial charge in [0.25, 0.3) is 0 Å². The minimum absolute atomic E-state index is 0.0128. The Hall–Kier alpha value is -7.88. The van der Waals surface area contributed by atoms with E-state index in [4.69, 9.17) is 5.73 Å². The minimum Gasteiger partial charge on any atom is -0.508 e. The number of aromatic hydroxyl groups is 1. The Labute approximate surface area is 388 Å². The zero-order valence-corrected chi connectivity index (χ0v) is 36.9. The third-order valence-corrected chi connectivity index (χ3v) is 11.5. The molecule has 6 rings (SSSR count). The molecule has 0 spiro atoms. The second-order valence-corrected chi connectivity index (χ2v) is 16.6. The van der Waals surface area contributed by atoms with E-state index in [0.29, 0.717) is 18.3 Å². The monoisotopic (exact) mass is 909 g/mol. The summed E-state index contributed by atoms with van der Waals surface area (Å²) >= 11 is 0. The quantitative estimate of drug-likeness (QED) is 0.0503. The van der Waals surface area contributed by atoms with E-state index in [1.165, 1.54) is 17.0 Å². The zero-order chi connectivity index (χ0) is 47.7. The lowest BCUT2D eigenvalue weighted by Gasteiger charge is -2.27. The number of nitrogens with two attached hydrogens (primary N) is 1. The number of nitrogens with one attached hydrogen (secondary N) is 5. The first-order valence-electron chi connectivity index (χ1n) is 22.2. The summed E-state index contributed by atoms with van der Waals surface area (Å²) in [6.45, 7) is -0.349. The molecule has 5 aromatic carbocycles. The normalized spacial score (nSPS) is 15.0. The molecule has 5 aromatic rings. The van der Waals surface area contributed by atoms with Crippen LogP contribution in [0.25, 0.3) is 10.8 Å². The second-order valence-electron chi connectivity index (χ2n) is 16.6. The SMILES string of the molecule is NC(=O)CC[C@H](NC(=O)[C@@H]1CCCN1C(=O)CNC(=O)[C@H](Cc1ccccc1)NC(=O)[C@H](Cc1ccccc1)NC(=O)Cc1ccc2ccccc2c1)C(=O)N[C@H](C=O)Cc1ccc(O)cc1. The fourth-order valence-corrected chi connectivity index (χ4v) is 8.02. The summed E-state index contributed by atoms with van der Waals surface area (Å²) < 4.78 is 0. The van der Waals surface area contributed by atoms with Gasteiger partial charge in [-0.1, -0.05) is 115 Å². The average molecular weight is 910 g/mol. The molecule has 1 aliphatic rings.